The molecule has 0 radical (unpaired) electrons. The predicted octanol–water partition coefficient (Wildman–Crippen LogP) is 4.35. The van der Waals surface area contributed by atoms with Gasteiger partial charge in [0.05, 0.1) is 31.0 Å². The van der Waals surface area contributed by atoms with Crippen molar-refractivity contribution < 1.29 is 9.47 Å². The summed E-state index contributed by atoms with van der Waals surface area (Å²) in [5.41, 5.74) is 2.67. The van der Waals surface area contributed by atoms with Crippen LogP contribution in [0.25, 0.3) is 11.4 Å². The molecule has 1 aromatic heterocycles. The molecule has 1 aliphatic heterocycles. The summed E-state index contributed by atoms with van der Waals surface area (Å²) in [5, 5.41) is 17.8. The van der Waals surface area contributed by atoms with Gasteiger partial charge in [-0.1, -0.05) is 23.7 Å². The Morgan fingerprint density at radius 1 is 1.12 bits per heavy atom. The number of thiocarbonyl (C=S) groups is 1. The second kappa shape index (κ2) is 9.70. The molecule has 0 amide bonds. The van der Waals surface area contributed by atoms with Crippen molar-refractivity contribution in [3.05, 3.63) is 47.0 Å². The van der Waals surface area contributed by atoms with Crippen molar-refractivity contribution in [1.29, 1.82) is 0 Å². The van der Waals surface area contributed by atoms with Gasteiger partial charge in [0.25, 0.3) is 0 Å². The minimum absolute atomic E-state index is 0.165. The van der Waals surface area contributed by atoms with Gasteiger partial charge in [-0.05, 0) is 67.0 Å². The summed E-state index contributed by atoms with van der Waals surface area (Å²) in [7, 11) is 3.21. The van der Waals surface area contributed by atoms with Crippen LogP contribution in [0.3, 0.4) is 0 Å². The van der Waals surface area contributed by atoms with Gasteiger partial charge in [-0.2, -0.15) is 4.80 Å². The van der Waals surface area contributed by atoms with Crippen LogP contribution in [0.15, 0.2) is 36.4 Å². The standard InChI is InChI=1S/C22H25ClN6O2S/c1-14-5-4-6-17(20(14)23)24-22(32)28-11-9-16(10-12-28)29-26-21(25-27-29)15-7-8-18(30-2)19(13-15)31-3/h4-8,13,16H,9-12H2,1-3H3,(H,24,32). The van der Waals surface area contributed by atoms with E-state index in [0.717, 1.165) is 42.7 Å². The summed E-state index contributed by atoms with van der Waals surface area (Å²) >= 11 is 12.0. The molecule has 1 fully saturated rings. The highest BCUT2D eigenvalue weighted by atomic mass is 35.5. The van der Waals surface area contributed by atoms with E-state index in [2.05, 4.69) is 25.6 Å². The molecule has 0 unspecified atom stereocenters. The molecule has 32 heavy (non-hydrogen) atoms. The van der Waals surface area contributed by atoms with Crippen LogP contribution < -0.4 is 14.8 Å². The molecule has 1 saturated heterocycles. The molecule has 0 spiro atoms. The number of anilines is 1. The van der Waals surface area contributed by atoms with Gasteiger partial charge in [0, 0.05) is 18.7 Å². The van der Waals surface area contributed by atoms with Gasteiger partial charge in [0.1, 0.15) is 0 Å². The zero-order valence-corrected chi connectivity index (χ0v) is 19.8. The lowest BCUT2D eigenvalue weighted by Gasteiger charge is -2.33. The normalized spacial score (nSPS) is 14.3. The largest absolute Gasteiger partial charge is 0.493 e. The third-order valence-corrected chi connectivity index (χ3v) is 6.44. The van der Waals surface area contributed by atoms with Gasteiger partial charge in [0.2, 0.25) is 5.82 Å². The van der Waals surface area contributed by atoms with E-state index in [-0.39, 0.29) is 6.04 Å². The fourth-order valence-corrected chi connectivity index (χ4v) is 4.17. The zero-order chi connectivity index (χ0) is 22.7. The summed E-state index contributed by atoms with van der Waals surface area (Å²) in [6.07, 6.45) is 1.73. The van der Waals surface area contributed by atoms with Gasteiger partial charge >= 0.3 is 0 Å². The maximum atomic E-state index is 6.39. The number of halogens is 1. The van der Waals surface area contributed by atoms with E-state index in [1.165, 1.54) is 0 Å². The average molecular weight is 473 g/mol. The zero-order valence-electron chi connectivity index (χ0n) is 18.2. The van der Waals surface area contributed by atoms with Crippen LogP contribution in [0.2, 0.25) is 5.02 Å². The highest BCUT2D eigenvalue weighted by Crippen LogP contribution is 2.31. The van der Waals surface area contributed by atoms with E-state index < -0.39 is 0 Å². The highest BCUT2D eigenvalue weighted by Gasteiger charge is 2.25. The monoisotopic (exact) mass is 472 g/mol. The van der Waals surface area contributed by atoms with Crippen LogP contribution in [-0.4, -0.2) is 57.5 Å². The molecule has 8 nitrogen and oxygen atoms in total. The fourth-order valence-electron chi connectivity index (χ4n) is 3.71. The lowest BCUT2D eigenvalue weighted by atomic mass is 10.1. The third kappa shape index (κ3) is 4.63. The molecule has 2 heterocycles. The first-order valence-corrected chi connectivity index (χ1v) is 11.1. The Hall–Kier alpha value is -2.91. The maximum absolute atomic E-state index is 6.39. The quantitative estimate of drug-likeness (QED) is 0.549. The van der Waals surface area contributed by atoms with Crippen LogP contribution in [0.5, 0.6) is 11.5 Å². The van der Waals surface area contributed by atoms with Crippen LogP contribution in [0.4, 0.5) is 5.69 Å². The van der Waals surface area contributed by atoms with Crippen LogP contribution in [0.1, 0.15) is 24.4 Å². The topological polar surface area (TPSA) is 77.3 Å². The Bertz CT molecular complexity index is 1110. The molecule has 3 aromatic rings. The summed E-state index contributed by atoms with van der Waals surface area (Å²) in [6.45, 7) is 3.57. The van der Waals surface area contributed by atoms with E-state index in [9.17, 15) is 0 Å². The molecule has 2 aromatic carbocycles. The molecular formula is C22H25ClN6O2S. The Kier molecular flexibility index (Phi) is 6.76. The van der Waals surface area contributed by atoms with Gasteiger partial charge in [-0.15, -0.1) is 10.2 Å². The molecule has 0 saturated carbocycles. The van der Waals surface area contributed by atoms with Crippen LogP contribution >= 0.6 is 23.8 Å². The Labute approximate surface area is 197 Å². The number of ether oxygens (including phenoxy) is 2. The van der Waals surface area contributed by atoms with Gasteiger partial charge < -0.3 is 19.7 Å². The second-order valence-electron chi connectivity index (χ2n) is 7.59. The van der Waals surface area contributed by atoms with Crippen molar-refractivity contribution in [3.8, 4) is 22.9 Å². The second-order valence-corrected chi connectivity index (χ2v) is 8.35. The van der Waals surface area contributed by atoms with Crippen LogP contribution in [0, 0.1) is 6.92 Å². The summed E-state index contributed by atoms with van der Waals surface area (Å²) in [4.78, 5) is 3.86. The molecule has 1 N–H and O–H groups in total. The Morgan fingerprint density at radius 3 is 2.59 bits per heavy atom. The molecule has 0 bridgehead atoms. The number of benzene rings is 2. The first kappa shape index (κ1) is 22.3. The van der Waals surface area contributed by atoms with E-state index in [1.807, 2.05) is 43.3 Å². The molecule has 0 atom stereocenters. The number of nitrogens with zero attached hydrogens (tertiary/aromatic N) is 5. The number of aromatic nitrogens is 4. The predicted molar refractivity (Wildman–Crippen MR) is 129 cm³/mol. The van der Waals surface area contributed by atoms with E-state index >= 15 is 0 Å². The van der Waals surface area contributed by atoms with Crippen LogP contribution in [-0.2, 0) is 0 Å². The fraction of sp³-hybridized carbons (Fsp3) is 0.364. The number of tetrazole rings is 1. The lowest BCUT2D eigenvalue weighted by Crippen LogP contribution is -2.41. The van der Waals surface area contributed by atoms with E-state index in [4.69, 9.17) is 33.3 Å². The first-order chi connectivity index (χ1) is 15.5. The molecular weight excluding hydrogens is 448 g/mol. The number of nitrogens with one attached hydrogen (secondary N) is 1. The van der Waals surface area contributed by atoms with Crippen molar-refractivity contribution in [1.82, 2.24) is 25.1 Å². The smallest absolute Gasteiger partial charge is 0.205 e. The van der Waals surface area contributed by atoms with E-state index in [1.54, 1.807) is 19.0 Å². The van der Waals surface area contributed by atoms with E-state index in [0.29, 0.717) is 27.5 Å². The molecule has 4 rings (SSSR count). The highest BCUT2D eigenvalue weighted by molar-refractivity contribution is 7.80. The minimum Gasteiger partial charge on any atom is -0.493 e. The maximum Gasteiger partial charge on any atom is 0.205 e. The van der Waals surface area contributed by atoms with Crippen molar-refractivity contribution in [2.24, 2.45) is 0 Å². The number of piperidine rings is 1. The summed E-state index contributed by atoms with van der Waals surface area (Å²) in [5.74, 6) is 1.84. The van der Waals surface area contributed by atoms with Gasteiger partial charge in [-0.25, -0.2) is 0 Å². The summed E-state index contributed by atoms with van der Waals surface area (Å²) < 4.78 is 10.7. The van der Waals surface area contributed by atoms with Crippen molar-refractivity contribution in [3.63, 3.8) is 0 Å². The molecule has 10 heteroatoms. The SMILES string of the molecule is COc1ccc(-c2nnn(C3CCN(C(=S)Nc4cccc(C)c4Cl)CC3)n2)cc1OC. The Morgan fingerprint density at radius 2 is 1.88 bits per heavy atom. The number of rotatable bonds is 5. The minimum atomic E-state index is 0.165. The Balaban J connectivity index is 1.38. The number of methoxy groups -OCH3 is 2. The number of hydrogen-bond acceptors (Lipinski definition) is 6. The molecule has 0 aliphatic carbocycles. The number of likely N-dealkylation sites (tertiary alicyclic amines) is 1. The number of hydrogen-bond donors (Lipinski definition) is 1. The average Bonchev–Trinajstić information content (AvgIpc) is 3.32. The molecule has 1 aliphatic rings. The number of aryl methyl sites for hydroxylation is 1. The lowest BCUT2D eigenvalue weighted by molar-refractivity contribution is 0.238. The van der Waals surface area contributed by atoms with Crippen molar-refractivity contribution in [2.45, 2.75) is 25.8 Å². The third-order valence-electron chi connectivity index (χ3n) is 5.58. The van der Waals surface area contributed by atoms with Gasteiger partial charge in [0.15, 0.2) is 16.6 Å². The first-order valence-electron chi connectivity index (χ1n) is 10.3. The van der Waals surface area contributed by atoms with Crippen molar-refractivity contribution >= 4 is 34.6 Å². The van der Waals surface area contributed by atoms with Gasteiger partial charge in [-0.3, -0.25) is 0 Å². The molecule has 168 valence electrons. The summed E-state index contributed by atoms with van der Waals surface area (Å²) in [6, 6.07) is 11.6. The van der Waals surface area contributed by atoms with Crippen molar-refractivity contribution in [2.75, 3.05) is 32.6 Å².